The van der Waals surface area contributed by atoms with Gasteiger partial charge in [-0.15, -0.1) is 0 Å². The Kier molecular flexibility index (Phi) is 7.42. The second-order valence-corrected chi connectivity index (χ2v) is 13.4. The fraction of sp³-hybridized carbons (Fsp3) is 0.750. The summed E-state index contributed by atoms with van der Waals surface area (Å²) >= 11 is 0. The lowest BCUT2D eigenvalue weighted by Gasteiger charge is -2.60. The molecule has 1 amide bonds. The lowest BCUT2D eigenvalue weighted by molar-refractivity contribution is -0.0695. The number of hydrogen-bond acceptors (Lipinski definition) is 6. The molecule has 39 heavy (non-hydrogen) atoms. The Morgan fingerprint density at radius 3 is 2.72 bits per heavy atom. The summed E-state index contributed by atoms with van der Waals surface area (Å²) in [7, 11) is 1.94. The summed E-state index contributed by atoms with van der Waals surface area (Å²) in [5.74, 6) is 2.44. The zero-order valence-electron chi connectivity index (χ0n) is 24.0. The van der Waals surface area contributed by atoms with Gasteiger partial charge in [0.05, 0.1) is 19.5 Å². The van der Waals surface area contributed by atoms with Gasteiger partial charge in [0.1, 0.15) is 6.61 Å². The number of amides is 1. The third kappa shape index (κ3) is 4.88. The SMILES string of the molecule is CN(C(=O)OCCN1CCOCC1)[C@H]1CC[C@@]2(C)[C@H](CC[C@H]3C4=CC[C@H](c5ccc(=O)oc5)[C@@]4(C)CC[C@@H]32)C1. The second kappa shape index (κ2) is 10.7. The predicted octanol–water partition coefficient (Wildman–Crippen LogP) is 5.46. The molecule has 7 nitrogen and oxygen atoms in total. The number of rotatable bonds is 5. The van der Waals surface area contributed by atoms with Crippen molar-refractivity contribution in [2.45, 2.75) is 77.2 Å². The Morgan fingerprint density at radius 1 is 1.13 bits per heavy atom. The molecule has 0 spiro atoms. The summed E-state index contributed by atoms with van der Waals surface area (Å²) in [6.07, 6.45) is 13.4. The molecule has 0 radical (unpaired) electrons. The molecule has 0 aromatic carbocycles. The van der Waals surface area contributed by atoms with Gasteiger partial charge in [-0.1, -0.05) is 25.5 Å². The van der Waals surface area contributed by atoms with Crippen LogP contribution >= 0.6 is 0 Å². The van der Waals surface area contributed by atoms with Crippen molar-refractivity contribution in [3.05, 3.63) is 46.0 Å². The fourth-order valence-electron chi connectivity index (χ4n) is 9.33. The lowest BCUT2D eigenvalue weighted by atomic mass is 9.45. The zero-order chi connectivity index (χ0) is 27.2. The van der Waals surface area contributed by atoms with Crippen molar-refractivity contribution >= 4 is 6.09 Å². The average molecular weight is 539 g/mol. The molecule has 6 rings (SSSR count). The lowest BCUT2D eigenvalue weighted by Crippen LogP contribution is -2.54. The van der Waals surface area contributed by atoms with Crippen LogP contribution in [0.1, 0.15) is 76.7 Å². The zero-order valence-corrected chi connectivity index (χ0v) is 24.0. The normalized spacial score (nSPS) is 38.2. The Hall–Kier alpha value is -2.12. The maximum atomic E-state index is 12.9. The molecule has 2 heterocycles. The Labute approximate surface area is 232 Å². The molecule has 1 aliphatic heterocycles. The predicted molar refractivity (Wildman–Crippen MR) is 150 cm³/mol. The van der Waals surface area contributed by atoms with E-state index in [0.29, 0.717) is 29.8 Å². The molecule has 1 aromatic rings. The van der Waals surface area contributed by atoms with Gasteiger partial charge in [-0.25, -0.2) is 9.59 Å². The number of hydrogen-bond donors (Lipinski definition) is 0. The highest BCUT2D eigenvalue weighted by atomic mass is 16.6. The monoisotopic (exact) mass is 538 g/mol. The van der Waals surface area contributed by atoms with Crippen LogP contribution < -0.4 is 5.63 Å². The third-order valence-corrected chi connectivity index (χ3v) is 11.7. The van der Waals surface area contributed by atoms with Gasteiger partial charge in [0.15, 0.2) is 0 Å². The van der Waals surface area contributed by atoms with E-state index in [1.165, 1.54) is 37.7 Å². The van der Waals surface area contributed by atoms with Crippen LogP contribution in [-0.4, -0.2) is 68.4 Å². The Bertz CT molecular complexity index is 1120. The highest BCUT2D eigenvalue weighted by molar-refractivity contribution is 5.67. The van der Waals surface area contributed by atoms with Crippen molar-refractivity contribution in [2.75, 3.05) is 46.5 Å². The molecular weight excluding hydrogens is 492 g/mol. The highest BCUT2D eigenvalue weighted by Crippen LogP contribution is 2.67. The summed E-state index contributed by atoms with van der Waals surface area (Å²) < 4.78 is 16.4. The van der Waals surface area contributed by atoms with Gasteiger partial charge in [0.2, 0.25) is 0 Å². The number of morpholine rings is 1. The minimum absolute atomic E-state index is 0.159. The first-order chi connectivity index (χ1) is 18.8. The summed E-state index contributed by atoms with van der Waals surface area (Å²) in [4.78, 5) is 28.7. The number of carbonyl (C=O) groups excluding carboxylic acids is 1. The summed E-state index contributed by atoms with van der Waals surface area (Å²) in [6.45, 7) is 9.62. The summed E-state index contributed by atoms with van der Waals surface area (Å²) in [6, 6.07) is 3.82. The van der Waals surface area contributed by atoms with Crippen molar-refractivity contribution in [2.24, 2.45) is 28.6 Å². The Balaban J connectivity index is 1.07. The highest BCUT2D eigenvalue weighted by Gasteiger charge is 2.58. The minimum atomic E-state index is -0.271. The van der Waals surface area contributed by atoms with Gasteiger partial charge in [0.25, 0.3) is 0 Å². The molecule has 7 heteroatoms. The van der Waals surface area contributed by atoms with Gasteiger partial charge < -0.3 is 18.8 Å². The first-order valence-electron chi connectivity index (χ1n) is 15.3. The average Bonchev–Trinajstić information content (AvgIpc) is 3.30. The quantitative estimate of drug-likeness (QED) is 0.464. The van der Waals surface area contributed by atoms with Gasteiger partial charge in [-0.2, -0.15) is 0 Å². The molecule has 0 N–H and O–H groups in total. The minimum Gasteiger partial charge on any atom is -0.448 e. The molecule has 1 saturated heterocycles. The van der Waals surface area contributed by atoms with Crippen LogP contribution in [0.3, 0.4) is 0 Å². The third-order valence-electron chi connectivity index (χ3n) is 11.7. The van der Waals surface area contributed by atoms with E-state index in [0.717, 1.165) is 58.0 Å². The van der Waals surface area contributed by atoms with Crippen LogP contribution in [0.25, 0.3) is 0 Å². The van der Waals surface area contributed by atoms with Gasteiger partial charge in [-0.05, 0) is 97.5 Å². The van der Waals surface area contributed by atoms with Crippen LogP contribution in [0.15, 0.2) is 39.3 Å². The summed E-state index contributed by atoms with van der Waals surface area (Å²) in [5, 5.41) is 0. The molecule has 214 valence electrons. The van der Waals surface area contributed by atoms with Crippen LogP contribution in [0, 0.1) is 28.6 Å². The Morgan fingerprint density at radius 2 is 1.95 bits per heavy atom. The standard InChI is InChI=1S/C32H46N2O5/c1-31-12-10-24(33(3)30(36)38-19-16-34-14-17-37-18-15-34)20-23(31)5-6-25-27-8-7-26(22-4-9-29(35)39-21-22)32(27,2)13-11-28(25)31/h4,8-9,21,23-26,28H,5-7,10-20H2,1-3H3/t23-,24+,25+,26-,28+,31+,32-/m1/s1. The smallest absolute Gasteiger partial charge is 0.409 e. The van der Waals surface area contributed by atoms with Crippen molar-refractivity contribution in [3.8, 4) is 0 Å². The first kappa shape index (κ1) is 27.1. The molecule has 0 bridgehead atoms. The maximum Gasteiger partial charge on any atom is 0.409 e. The molecule has 4 aliphatic carbocycles. The molecule has 0 unspecified atom stereocenters. The van der Waals surface area contributed by atoms with E-state index in [4.69, 9.17) is 13.9 Å². The molecule has 4 fully saturated rings. The number of carbonyl (C=O) groups is 1. The molecule has 1 aromatic heterocycles. The fourth-order valence-corrected chi connectivity index (χ4v) is 9.33. The number of fused-ring (bicyclic) bond motifs is 5. The van der Waals surface area contributed by atoms with Crippen molar-refractivity contribution in [1.29, 1.82) is 0 Å². The van der Waals surface area contributed by atoms with E-state index in [9.17, 15) is 9.59 Å². The first-order valence-corrected chi connectivity index (χ1v) is 15.3. The number of allylic oxidation sites excluding steroid dienone is 2. The second-order valence-electron chi connectivity index (χ2n) is 13.4. The van der Waals surface area contributed by atoms with Crippen molar-refractivity contribution < 1.29 is 18.7 Å². The molecule has 7 atom stereocenters. The largest absolute Gasteiger partial charge is 0.448 e. The molecule has 5 aliphatic rings. The van der Waals surface area contributed by atoms with E-state index < -0.39 is 0 Å². The summed E-state index contributed by atoms with van der Waals surface area (Å²) in [5.41, 5.74) is 3.07. The molecular formula is C32H46N2O5. The maximum absolute atomic E-state index is 12.9. The van der Waals surface area contributed by atoms with E-state index in [-0.39, 0.29) is 23.2 Å². The van der Waals surface area contributed by atoms with Crippen LogP contribution in [0.5, 0.6) is 0 Å². The van der Waals surface area contributed by atoms with Gasteiger partial charge in [-0.3, -0.25) is 4.90 Å². The van der Waals surface area contributed by atoms with Crippen molar-refractivity contribution in [3.63, 3.8) is 0 Å². The van der Waals surface area contributed by atoms with Gasteiger partial charge >= 0.3 is 11.7 Å². The number of nitrogens with zero attached hydrogens (tertiary/aromatic N) is 2. The van der Waals surface area contributed by atoms with Crippen LogP contribution in [-0.2, 0) is 9.47 Å². The van der Waals surface area contributed by atoms with Gasteiger partial charge in [0, 0.05) is 38.8 Å². The topological polar surface area (TPSA) is 72.2 Å². The van der Waals surface area contributed by atoms with E-state index in [1.807, 2.05) is 18.0 Å². The van der Waals surface area contributed by atoms with E-state index in [1.54, 1.807) is 17.9 Å². The van der Waals surface area contributed by atoms with E-state index >= 15 is 0 Å². The van der Waals surface area contributed by atoms with Crippen molar-refractivity contribution in [1.82, 2.24) is 9.80 Å². The van der Waals surface area contributed by atoms with E-state index in [2.05, 4.69) is 24.8 Å². The molecule has 3 saturated carbocycles. The van der Waals surface area contributed by atoms with Crippen LogP contribution in [0.4, 0.5) is 4.79 Å². The number of ether oxygens (including phenoxy) is 2. The van der Waals surface area contributed by atoms with Crippen LogP contribution in [0.2, 0.25) is 0 Å².